The number of benzene rings is 2. The van der Waals surface area contributed by atoms with Crippen molar-refractivity contribution in [2.75, 3.05) is 18.4 Å². The molecule has 0 aliphatic carbocycles. The molecule has 1 heterocycles. The maximum absolute atomic E-state index is 13.0. The predicted octanol–water partition coefficient (Wildman–Crippen LogP) is 3.21. The second-order valence-corrected chi connectivity index (χ2v) is 9.99. The molecule has 3 aromatic rings. The molecule has 34 heavy (non-hydrogen) atoms. The fourth-order valence-electron chi connectivity index (χ4n) is 3.96. The zero-order valence-corrected chi connectivity index (χ0v) is 20.9. The number of aromatic nitrogens is 2. The Hall–Kier alpha value is -3.24. The Morgan fingerprint density at radius 1 is 1.12 bits per heavy atom. The lowest BCUT2D eigenvalue weighted by Gasteiger charge is -2.20. The molecule has 182 valence electrons. The number of para-hydroxylation sites is 2. The van der Waals surface area contributed by atoms with E-state index in [2.05, 4.69) is 15.6 Å². The number of sulfonamides is 1. The van der Waals surface area contributed by atoms with Crippen molar-refractivity contribution in [3.05, 3.63) is 53.9 Å². The fourth-order valence-corrected chi connectivity index (χ4v) is 5.67. The normalized spacial score (nSPS) is 12.6. The van der Waals surface area contributed by atoms with Gasteiger partial charge in [0.2, 0.25) is 21.8 Å². The van der Waals surface area contributed by atoms with Crippen LogP contribution in [-0.4, -0.2) is 47.2 Å². The molecule has 0 fully saturated rings. The molecule has 2 aromatic carbocycles. The Kier molecular flexibility index (Phi) is 7.73. The van der Waals surface area contributed by atoms with Crippen LogP contribution in [-0.2, 0) is 26.2 Å². The number of hydrogen-bond donors (Lipinski definition) is 2. The summed E-state index contributed by atoms with van der Waals surface area (Å²) >= 11 is 0. The maximum Gasteiger partial charge on any atom is 0.244 e. The number of nitrogens with one attached hydrogen (secondary N) is 2. The average Bonchev–Trinajstić information content (AvgIpc) is 3.13. The number of imidazole rings is 1. The number of rotatable bonds is 9. The second kappa shape index (κ2) is 10.4. The first-order valence-electron chi connectivity index (χ1n) is 11.2. The number of fused-ring (bicyclic) bond motifs is 1. The molecular weight excluding hydrogens is 454 g/mol. The summed E-state index contributed by atoms with van der Waals surface area (Å²) in [5.41, 5.74) is 2.48. The monoisotopic (exact) mass is 485 g/mol. The largest absolute Gasteiger partial charge is 0.347 e. The molecule has 10 heteroatoms. The Labute approximate surface area is 200 Å². The Bertz CT molecular complexity index is 1310. The van der Waals surface area contributed by atoms with Crippen LogP contribution in [0, 0.1) is 6.92 Å². The van der Waals surface area contributed by atoms with E-state index < -0.39 is 16.1 Å². The average molecular weight is 486 g/mol. The summed E-state index contributed by atoms with van der Waals surface area (Å²) in [6.45, 7) is 9.21. The van der Waals surface area contributed by atoms with Gasteiger partial charge in [-0.1, -0.05) is 32.0 Å². The molecule has 1 atom stereocenters. The lowest BCUT2D eigenvalue weighted by Crippen LogP contribution is -2.31. The van der Waals surface area contributed by atoms with Gasteiger partial charge in [-0.05, 0) is 43.7 Å². The van der Waals surface area contributed by atoms with Crippen LogP contribution in [0.25, 0.3) is 11.0 Å². The van der Waals surface area contributed by atoms with Gasteiger partial charge >= 0.3 is 0 Å². The summed E-state index contributed by atoms with van der Waals surface area (Å²) in [6.07, 6.45) is 0. The van der Waals surface area contributed by atoms with Crippen molar-refractivity contribution in [1.82, 2.24) is 19.2 Å². The highest BCUT2D eigenvalue weighted by Gasteiger charge is 2.24. The fraction of sp³-hybridized carbons (Fsp3) is 0.375. The molecule has 0 unspecified atom stereocenters. The third kappa shape index (κ3) is 5.28. The van der Waals surface area contributed by atoms with E-state index in [1.807, 2.05) is 24.3 Å². The molecule has 0 bridgehead atoms. The van der Waals surface area contributed by atoms with Crippen LogP contribution < -0.4 is 10.6 Å². The van der Waals surface area contributed by atoms with E-state index >= 15 is 0 Å². The summed E-state index contributed by atoms with van der Waals surface area (Å²) in [6, 6.07) is 11.9. The smallest absolute Gasteiger partial charge is 0.244 e. The van der Waals surface area contributed by atoms with Crippen LogP contribution in [0.5, 0.6) is 0 Å². The number of anilines is 1. The van der Waals surface area contributed by atoms with Crippen molar-refractivity contribution in [3.63, 3.8) is 0 Å². The van der Waals surface area contributed by atoms with Crippen LogP contribution >= 0.6 is 0 Å². The molecule has 0 saturated carbocycles. The van der Waals surface area contributed by atoms with Gasteiger partial charge in [-0.25, -0.2) is 13.4 Å². The number of aryl methyl sites for hydroxylation is 1. The van der Waals surface area contributed by atoms with Crippen LogP contribution in [0.4, 0.5) is 5.69 Å². The maximum atomic E-state index is 13.0. The molecule has 0 aliphatic rings. The molecule has 0 radical (unpaired) electrons. The minimum Gasteiger partial charge on any atom is -0.347 e. The summed E-state index contributed by atoms with van der Waals surface area (Å²) in [5.74, 6) is 0.0203. The van der Waals surface area contributed by atoms with Gasteiger partial charge in [0.05, 0.1) is 22.0 Å². The van der Waals surface area contributed by atoms with E-state index in [4.69, 9.17) is 0 Å². The third-order valence-corrected chi connectivity index (χ3v) is 7.78. The number of nitrogens with zero attached hydrogens (tertiary/aromatic N) is 3. The summed E-state index contributed by atoms with van der Waals surface area (Å²) in [5, 5.41) is 5.62. The van der Waals surface area contributed by atoms with E-state index in [9.17, 15) is 18.0 Å². The van der Waals surface area contributed by atoms with Gasteiger partial charge in [-0.2, -0.15) is 4.31 Å². The summed E-state index contributed by atoms with van der Waals surface area (Å²) in [4.78, 5) is 29.3. The summed E-state index contributed by atoms with van der Waals surface area (Å²) < 4.78 is 29.2. The Morgan fingerprint density at radius 2 is 1.79 bits per heavy atom. The Morgan fingerprint density at radius 3 is 2.44 bits per heavy atom. The second-order valence-electron chi connectivity index (χ2n) is 8.08. The van der Waals surface area contributed by atoms with Gasteiger partial charge in [0.15, 0.2) is 0 Å². The molecular formula is C24H31N5O4S. The molecule has 1 aromatic heterocycles. The lowest BCUT2D eigenvalue weighted by molar-refractivity contribution is -0.119. The number of carbonyl (C=O) groups excluding carboxylic acids is 2. The zero-order valence-electron chi connectivity index (χ0n) is 20.1. The van der Waals surface area contributed by atoms with Crippen LogP contribution in [0.3, 0.4) is 0 Å². The first kappa shape index (κ1) is 25.4. The zero-order chi connectivity index (χ0) is 25.0. The van der Waals surface area contributed by atoms with Crippen molar-refractivity contribution >= 4 is 38.6 Å². The quantitative estimate of drug-likeness (QED) is 0.483. The van der Waals surface area contributed by atoms with Crippen LogP contribution in [0.15, 0.2) is 47.4 Å². The molecule has 2 amide bonds. The topological polar surface area (TPSA) is 113 Å². The first-order chi connectivity index (χ1) is 16.1. The first-order valence-corrected chi connectivity index (χ1v) is 12.6. The van der Waals surface area contributed by atoms with Gasteiger partial charge in [0.1, 0.15) is 12.4 Å². The van der Waals surface area contributed by atoms with Crippen molar-refractivity contribution in [1.29, 1.82) is 0 Å². The van der Waals surface area contributed by atoms with Gasteiger partial charge in [-0.15, -0.1) is 0 Å². The highest BCUT2D eigenvalue weighted by molar-refractivity contribution is 7.89. The van der Waals surface area contributed by atoms with E-state index in [0.29, 0.717) is 35.7 Å². The van der Waals surface area contributed by atoms with Crippen molar-refractivity contribution in [3.8, 4) is 0 Å². The highest BCUT2D eigenvalue weighted by atomic mass is 32.2. The van der Waals surface area contributed by atoms with Crippen LogP contribution in [0.2, 0.25) is 0 Å². The van der Waals surface area contributed by atoms with Crippen molar-refractivity contribution in [2.24, 2.45) is 0 Å². The van der Waals surface area contributed by atoms with Crippen molar-refractivity contribution in [2.45, 2.75) is 52.1 Å². The van der Waals surface area contributed by atoms with E-state index in [1.165, 1.54) is 17.3 Å². The molecule has 0 spiro atoms. The minimum atomic E-state index is -3.67. The predicted molar refractivity (Wildman–Crippen MR) is 132 cm³/mol. The lowest BCUT2D eigenvalue weighted by atomic mass is 10.2. The molecule has 0 saturated heterocycles. The van der Waals surface area contributed by atoms with Crippen molar-refractivity contribution < 1.29 is 18.0 Å². The van der Waals surface area contributed by atoms with Gasteiger partial charge in [-0.3, -0.25) is 9.59 Å². The SMILES string of the molecule is CCN(CC)S(=O)(=O)c1cc(NC(=O)Cn2c([C@@H](C)NC(C)=O)nc3ccccc32)ccc1C. The highest BCUT2D eigenvalue weighted by Crippen LogP contribution is 2.25. The van der Waals surface area contributed by atoms with E-state index in [0.717, 1.165) is 5.52 Å². The number of hydrogen-bond acceptors (Lipinski definition) is 5. The molecule has 9 nitrogen and oxygen atoms in total. The molecule has 2 N–H and O–H groups in total. The van der Waals surface area contributed by atoms with Gasteiger partial charge in [0.25, 0.3) is 0 Å². The summed E-state index contributed by atoms with van der Waals surface area (Å²) in [7, 11) is -3.67. The molecule has 0 aliphatic heterocycles. The van der Waals surface area contributed by atoms with Gasteiger partial charge < -0.3 is 15.2 Å². The van der Waals surface area contributed by atoms with Crippen LogP contribution in [0.1, 0.15) is 45.1 Å². The minimum absolute atomic E-state index is 0.0498. The number of carbonyl (C=O) groups is 2. The Balaban J connectivity index is 1.90. The standard InChI is InChI=1S/C24H31N5O4S/c1-6-28(7-2)34(32,33)22-14-19(13-12-16(22)3)26-23(31)15-29-21-11-9-8-10-20(21)27-24(29)17(4)25-18(5)30/h8-14,17H,6-7,15H2,1-5H3,(H,25,30)(H,26,31)/t17-/m1/s1. The number of amides is 2. The molecule has 3 rings (SSSR count). The van der Waals surface area contributed by atoms with E-state index in [-0.39, 0.29) is 23.3 Å². The third-order valence-electron chi connectivity index (χ3n) is 5.59. The van der Waals surface area contributed by atoms with E-state index in [1.54, 1.807) is 44.4 Å². The van der Waals surface area contributed by atoms with Gasteiger partial charge in [0, 0.05) is 25.7 Å².